The lowest BCUT2D eigenvalue weighted by atomic mass is 10.3. The lowest BCUT2D eigenvalue weighted by Crippen LogP contribution is -2.32. The summed E-state index contributed by atoms with van der Waals surface area (Å²) in [6.45, 7) is 1.03. The molecule has 0 aliphatic carbocycles. The maximum absolute atomic E-state index is 12.2. The first-order chi connectivity index (χ1) is 9.54. The second-order valence-corrected chi connectivity index (χ2v) is 5.18. The zero-order valence-corrected chi connectivity index (χ0v) is 12.2. The first-order valence-corrected chi connectivity index (χ1v) is 6.89. The molecule has 2 N–H and O–H groups in total. The summed E-state index contributed by atoms with van der Waals surface area (Å²) in [7, 11) is 1.60. The van der Waals surface area contributed by atoms with E-state index in [9.17, 15) is 13.6 Å². The highest BCUT2D eigenvalue weighted by Gasteiger charge is 2.18. The summed E-state index contributed by atoms with van der Waals surface area (Å²) in [6.07, 6.45) is 0. The molecular formula is C12H18F2N2O3S. The monoisotopic (exact) mass is 308 g/mol. The molecule has 0 atom stereocenters. The van der Waals surface area contributed by atoms with Crippen molar-refractivity contribution in [3.63, 3.8) is 0 Å². The first-order valence-electron chi connectivity index (χ1n) is 6.07. The number of hydrogen-bond donors (Lipinski definition) is 2. The number of amides is 1. The van der Waals surface area contributed by atoms with E-state index in [1.807, 2.05) is 0 Å². The maximum Gasteiger partial charge on any atom is 0.387 e. The number of nitrogens with one attached hydrogen (secondary N) is 2. The van der Waals surface area contributed by atoms with E-state index in [1.165, 1.54) is 6.07 Å². The zero-order valence-electron chi connectivity index (χ0n) is 11.4. The molecule has 1 amide bonds. The van der Waals surface area contributed by atoms with Crippen LogP contribution in [0.3, 0.4) is 0 Å². The third-order valence-corrected chi connectivity index (χ3v) is 3.34. The fourth-order valence-corrected chi connectivity index (χ4v) is 2.34. The number of halogens is 2. The van der Waals surface area contributed by atoms with Crippen LogP contribution in [0.5, 0.6) is 5.75 Å². The molecule has 0 spiro atoms. The molecule has 0 bridgehead atoms. The molecular weight excluding hydrogens is 290 g/mol. The molecule has 1 aromatic heterocycles. The largest absolute Gasteiger partial charge is 0.433 e. The molecule has 0 aliphatic rings. The van der Waals surface area contributed by atoms with Gasteiger partial charge in [-0.3, -0.25) is 4.79 Å². The van der Waals surface area contributed by atoms with Crippen molar-refractivity contribution in [2.45, 2.75) is 13.5 Å². The molecule has 0 aliphatic heterocycles. The van der Waals surface area contributed by atoms with Crippen molar-refractivity contribution in [2.75, 3.05) is 33.4 Å². The summed E-state index contributed by atoms with van der Waals surface area (Å²) in [6, 6.07) is 1.43. The second-order valence-electron chi connectivity index (χ2n) is 3.93. The molecule has 1 heterocycles. The molecule has 1 rings (SSSR count). The summed E-state index contributed by atoms with van der Waals surface area (Å²) in [4.78, 5) is 12.8. The molecule has 0 unspecified atom stereocenters. The van der Waals surface area contributed by atoms with Gasteiger partial charge in [0.2, 0.25) is 0 Å². The van der Waals surface area contributed by atoms with Gasteiger partial charge >= 0.3 is 6.61 Å². The number of thiophene rings is 1. The van der Waals surface area contributed by atoms with Crippen molar-refractivity contribution in [1.82, 2.24) is 10.6 Å². The van der Waals surface area contributed by atoms with Crippen LogP contribution >= 0.6 is 11.3 Å². The molecule has 114 valence electrons. The fourth-order valence-electron chi connectivity index (χ4n) is 1.48. The normalized spacial score (nSPS) is 10.8. The number of aryl methyl sites for hydroxylation is 1. The van der Waals surface area contributed by atoms with Gasteiger partial charge in [-0.05, 0) is 13.0 Å². The van der Waals surface area contributed by atoms with Gasteiger partial charge in [-0.25, -0.2) is 0 Å². The van der Waals surface area contributed by atoms with E-state index in [2.05, 4.69) is 15.4 Å². The van der Waals surface area contributed by atoms with E-state index in [1.54, 1.807) is 14.0 Å². The van der Waals surface area contributed by atoms with Crippen LogP contribution in [0, 0.1) is 6.92 Å². The summed E-state index contributed by atoms with van der Waals surface area (Å²) >= 11 is 1.13. The minimum atomic E-state index is -2.94. The Hall–Kier alpha value is -1.25. The molecule has 0 fully saturated rings. The Balaban J connectivity index is 2.42. The lowest BCUT2D eigenvalue weighted by Gasteiger charge is -2.07. The first kappa shape index (κ1) is 16.8. The Kier molecular flexibility index (Phi) is 7.42. The minimum absolute atomic E-state index is 0.0765. The predicted octanol–water partition coefficient (Wildman–Crippen LogP) is 1.62. The van der Waals surface area contributed by atoms with Crippen molar-refractivity contribution in [1.29, 1.82) is 0 Å². The van der Waals surface area contributed by atoms with Crippen LogP contribution in [0.2, 0.25) is 0 Å². The number of hydrogen-bond acceptors (Lipinski definition) is 5. The summed E-state index contributed by atoms with van der Waals surface area (Å²) < 4.78 is 33.6. The van der Waals surface area contributed by atoms with Crippen molar-refractivity contribution in [3.8, 4) is 5.75 Å². The quantitative estimate of drug-likeness (QED) is 0.681. The Morgan fingerprint density at radius 2 is 2.15 bits per heavy atom. The van der Waals surface area contributed by atoms with Gasteiger partial charge in [0.05, 0.1) is 6.61 Å². The van der Waals surface area contributed by atoms with Gasteiger partial charge in [-0.1, -0.05) is 0 Å². The van der Waals surface area contributed by atoms with Crippen LogP contribution in [-0.2, 0) is 4.74 Å². The predicted molar refractivity (Wildman–Crippen MR) is 72.8 cm³/mol. The minimum Gasteiger partial charge on any atom is -0.433 e. The summed E-state index contributed by atoms with van der Waals surface area (Å²) in [5, 5.41) is 5.70. The maximum atomic E-state index is 12.2. The van der Waals surface area contributed by atoms with Gasteiger partial charge in [-0.15, -0.1) is 11.3 Å². The van der Waals surface area contributed by atoms with Crippen LogP contribution in [0.15, 0.2) is 6.07 Å². The van der Waals surface area contributed by atoms with E-state index >= 15 is 0 Å². The van der Waals surface area contributed by atoms with Crippen LogP contribution in [-0.4, -0.2) is 45.9 Å². The Morgan fingerprint density at radius 1 is 1.40 bits per heavy atom. The lowest BCUT2D eigenvalue weighted by molar-refractivity contribution is -0.0498. The molecule has 20 heavy (non-hydrogen) atoms. The van der Waals surface area contributed by atoms with Gasteiger partial charge in [0.1, 0.15) is 10.6 Å². The molecule has 8 heteroatoms. The van der Waals surface area contributed by atoms with E-state index < -0.39 is 12.5 Å². The Morgan fingerprint density at radius 3 is 2.80 bits per heavy atom. The molecule has 5 nitrogen and oxygen atoms in total. The SMILES string of the molecule is COCCNCCNC(=O)c1sc(C)cc1OC(F)F. The van der Waals surface area contributed by atoms with Crippen molar-refractivity contribution in [2.24, 2.45) is 0 Å². The summed E-state index contributed by atoms with van der Waals surface area (Å²) in [5.74, 6) is -0.486. The Labute approximate surface area is 120 Å². The smallest absolute Gasteiger partial charge is 0.387 e. The zero-order chi connectivity index (χ0) is 15.0. The van der Waals surface area contributed by atoms with Crippen LogP contribution in [0.25, 0.3) is 0 Å². The van der Waals surface area contributed by atoms with Crippen molar-refractivity contribution < 1.29 is 23.0 Å². The average molecular weight is 308 g/mol. The highest BCUT2D eigenvalue weighted by atomic mass is 32.1. The van der Waals surface area contributed by atoms with E-state index in [-0.39, 0.29) is 10.6 Å². The van der Waals surface area contributed by atoms with Crippen molar-refractivity contribution in [3.05, 3.63) is 15.8 Å². The van der Waals surface area contributed by atoms with Gasteiger partial charge < -0.3 is 20.1 Å². The molecule has 0 saturated heterocycles. The van der Waals surface area contributed by atoms with Gasteiger partial charge in [-0.2, -0.15) is 8.78 Å². The fraction of sp³-hybridized carbons (Fsp3) is 0.583. The number of carbonyl (C=O) groups excluding carboxylic acids is 1. The third-order valence-electron chi connectivity index (χ3n) is 2.31. The standard InChI is InChI=1S/C12H18F2N2O3S/c1-8-7-9(19-12(13)14)10(20-8)11(17)16-4-3-15-5-6-18-2/h7,12,15H,3-6H2,1-2H3,(H,16,17). The molecule has 0 aromatic carbocycles. The number of methoxy groups -OCH3 is 1. The second kappa shape index (κ2) is 8.83. The van der Waals surface area contributed by atoms with Crippen LogP contribution in [0.4, 0.5) is 8.78 Å². The number of alkyl halides is 2. The summed E-state index contributed by atoms with van der Waals surface area (Å²) in [5.41, 5.74) is 0. The van der Waals surface area contributed by atoms with Gasteiger partial charge in [0.15, 0.2) is 0 Å². The number of ether oxygens (including phenoxy) is 2. The van der Waals surface area contributed by atoms with Crippen LogP contribution in [0.1, 0.15) is 14.5 Å². The van der Waals surface area contributed by atoms with Gasteiger partial charge in [0.25, 0.3) is 5.91 Å². The Bertz CT molecular complexity index is 427. The average Bonchev–Trinajstić information content (AvgIpc) is 2.73. The highest BCUT2D eigenvalue weighted by Crippen LogP contribution is 2.29. The molecule has 0 saturated carbocycles. The van der Waals surface area contributed by atoms with E-state index in [0.29, 0.717) is 26.2 Å². The number of carbonyl (C=O) groups is 1. The van der Waals surface area contributed by atoms with Gasteiger partial charge in [0, 0.05) is 31.6 Å². The molecule has 0 radical (unpaired) electrons. The van der Waals surface area contributed by atoms with Crippen LogP contribution < -0.4 is 15.4 Å². The topological polar surface area (TPSA) is 59.6 Å². The molecule has 1 aromatic rings. The van der Waals surface area contributed by atoms with Crippen molar-refractivity contribution >= 4 is 17.2 Å². The van der Waals surface area contributed by atoms with E-state index in [0.717, 1.165) is 16.2 Å². The number of rotatable bonds is 9. The van der Waals surface area contributed by atoms with E-state index in [4.69, 9.17) is 4.74 Å². The highest BCUT2D eigenvalue weighted by molar-refractivity contribution is 7.14. The third kappa shape index (κ3) is 5.81.